The third-order valence-corrected chi connectivity index (χ3v) is 5.90. The normalized spacial score (nSPS) is 20.3. The lowest BCUT2D eigenvalue weighted by molar-refractivity contribution is -0.384. The number of amides is 2. The molecule has 0 aliphatic carbocycles. The molecule has 4 rings (SSSR count). The Hall–Kier alpha value is -3.76. The Balaban J connectivity index is 1.65. The molecule has 0 unspecified atom stereocenters. The van der Waals surface area contributed by atoms with E-state index in [1.54, 1.807) is 6.92 Å². The van der Waals surface area contributed by atoms with Gasteiger partial charge in [-0.25, -0.2) is 0 Å². The van der Waals surface area contributed by atoms with Crippen LogP contribution >= 0.6 is 0 Å². The molecule has 1 fully saturated rings. The third-order valence-electron chi connectivity index (χ3n) is 5.90. The minimum atomic E-state index is -1.07. The number of benzene rings is 1. The van der Waals surface area contributed by atoms with Crippen molar-refractivity contribution in [3.63, 3.8) is 0 Å². The first-order valence-electron chi connectivity index (χ1n) is 10.5. The molecule has 0 bridgehead atoms. The van der Waals surface area contributed by atoms with Crippen molar-refractivity contribution in [2.75, 3.05) is 28.6 Å². The zero-order valence-corrected chi connectivity index (χ0v) is 17.8. The summed E-state index contributed by atoms with van der Waals surface area (Å²) in [7, 11) is 0. The first kappa shape index (κ1) is 21.5. The Morgan fingerprint density at radius 3 is 2.84 bits per heavy atom. The summed E-state index contributed by atoms with van der Waals surface area (Å²) in [6.45, 7) is 5.31. The van der Waals surface area contributed by atoms with Gasteiger partial charge >= 0.3 is 0 Å². The predicted octanol–water partition coefficient (Wildman–Crippen LogP) is 2.29. The summed E-state index contributed by atoms with van der Waals surface area (Å²) in [5, 5.41) is 16.3. The number of piperidine rings is 1. The topological polar surface area (TPSA) is 150 Å². The molecule has 2 amide bonds. The molecule has 2 aromatic rings. The molecular formula is C21H24N6O5. The van der Waals surface area contributed by atoms with Crippen LogP contribution in [0.5, 0.6) is 0 Å². The molecule has 1 aromatic heterocycles. The van der Waals surface area contributed by atoms with E-state index in [9.17, 15) is 24.5 Å². The van der Waals surface area contributed by atoms with Gasteiger partial charge in [0, 0.05) is 31.6 Å². The number of fused-ring (bicyclic) bond motifs is 1. The molecule has 11 nitrogen and oxygen atoms in total. The molecule has 3 heterocycles. The molecule has 1 aromatic carbocycles. The van der Waals surface area contributed by atoms with E-state index in [0.29, 0.717) is 17.4 Å². The highest BCUT2D eigenvalue weighted by atomic mass is 16.6. The minimum absolute atomic E-state index is 0.0779. The monoisotopic (exact) mass is 440 g/mol. The van der Waals surface area contributed by atoms with E-state index in [0.717, 1.165) is 25.9 Å². The van der Waals surface area contributed by atoms with Crippen molar-refractivity contribution < 1.29 is 14.5 Å². The molecule has 2 aliphatic heterocycles. The van der Waals surface area contributed by atoms with Crippen LogP contribution in [0, 0.1) is 23.0 Å². The number of carbonyl (C=O) groups excluding carboxylic acids is 2. The Kier molecular flexibility index (Phi) is 5.64. The van der Waals surface area contributed by atoms with Crippen LogP contribution in [0.25, 0.3) is 0 Å². The molecule has 168 valence electrons. The zero-order valence-electron chi connectivity index (χ0n) is 17.8. The average molecular weight is 440 g/mol. The highest BCUT2D eigenvalue weighted by molar-refractivity contribution is 6.04. The van der Waals surface area contributed by atoms with Gasteiger partial charge in [0.25, 0.3) is 11.2 Å². The highest BCUT2D eigenvalue weighted by Gasteiger charge is 2.35. The standard InChI is InChI=1S/C21H24N6O5/c1-11-4-3-7-26(10-11)21-24-18-17(20(30)25-21)14(9-16(28)23-18)19(29)22-15-8-13(27(31)32)6-5-12(15)2/h5-6,8,11,14H,3-4,7,9-10H2,1-2H3,(H,22,29)(H2,23,24,25,28,30)/t11-,14+/m0/s1. The molecule has 1 saturated heterocycles. The molecule has 0 radical (unpaired) electrons. The van der Waals surface area contributed by atoms with Gasteiger partial charge < -0.3 is 15.5 Å². The Morgan fingerprint density at radius 2 is 2.12 bits per heavy atom. The molecule has 11 heteroatoms. The lowest BCUT2D eigenvalue weighted by Crippen LogP contribution is -2.40. The number of nitrogens with zero attached hydrogens (tertiary/aromatic N) is 3. The van der Waals surface area contributed by atoms with E-state index in [1.165, 1.54) is 18.2 Å². The maximum absolute atomic E-state index is 13.0. The second-order valence-electron chi connectivity index (χ2n) is 8.40. The van der Waals surface area contributed by atoms with Crippen molar-refractivity contribution >= 4 is 35.0 Å². The fourth-order valence-electron chi connectivity index (χ4n) is 4.19. The smallest absolute Gasteiger partial charge is 0.271 e. The van der Waals surface area contributed by atoms with Gasteiger partial charge in [0.05, 0.1) is 22.1 Å². The number of aromatic nitrogens is 2. The summed E-state index contributed by atoms with van der Waals surface area (Å²) in [6, 6.07) is 4.11. The summed E-state index contributed by atoms with van der Waals surface area (Å²) >= 11 is 0. The summed E-state index contributed by atoms with van der Waals surface area (Å²) in [4.78, 5) is 58.0. The van der Waals surface area contributed by atoms with E-state index in [1.807, 2.05) is 4.90 Å². The second kappa shape index (κ2) is 8.40. The van der Waals surface area contributed by atoms with Crippen molar-refractivity contribution in [3.8, 4) is 0 Å². The molecule has 2 aliphatic rings. The number of anilines is 3. The van der Waals surface area contributed by atoms with E-state index in [2.05, 4.69) is 27.5 Å². The highest BCUT2D eigenvalue weighted by Crippen LogP contribution is 2.32. The summed E-state index contributed by atoms with van der Waals surface area (Å²) in [6.07, 6.45) is 1.85. The van der Waals surface area contributed by atoms with Crippen LogP contribution in [0.15, 0.2) is 23.0 Å². The van der Waals surface area contributed by atoms with E-state index >= 15 is 0 Å². The van der Waals surface area contributed by atoms with Crippen molar-refractivity contribution in [3.05, 3.63) is 49.8 Å². The lowest BCUT2D eigenvalue weighted by Gasteiger charge is -2.32. The van der Waals surface area contributed by atoms with Gasteiger partial charge in [-0.1, -0.05) is 13.0 Å². The average Bonchev–Trinajstić information content (AvgIpc) is 2.74. The summed E-state index contributed by atoms with van der Waals surface area (Å²) in [5.41, 5.74) is 0.289. The number of rotatable bonds is 4. The van der Waals surface area contributed by atoms with Gasteiger partial charge in [0.15, 0.2) is 0 Å². The fourth-order valence-corrected chi connectivity index (χ4v) is 4.19. The van der Waals surface area contributed by atoms with Crippen LogP contribution in [0.1, 0.15) is 43.2 Å². The summed E-state index contributed by atoms with van der Waals surface area (Å²) < 4.78 is 0. The quantitative estimate of drug-likeness (QED) is 0.487. The fraction of sp³-hybridized carbons (Fsp3) is 0.429. The van der Waals surface area contributed by atoms with Gasteiger partial charge in [-0.3, -0.25) is 29.5 Å². The Bertz CT molecular complexity index is 1160. The first-order chi connectivity index (χ1) is 15.2. The number of aromatic amines is 1. The number of aryl methyl sites for hydroxylation is 1. The van der Waals surface area contributed by atoms with Gasteiger partial charge in [-0.15, -0.1) is 0 Å². The largest absolute Gasteiger partial charge is 0.342 e. The maximum atomic E-state index is 13.0. The minimum Gasteiger partial charge on any atom is -0.342 e. The van der Waals surface area contributed by atoms with Crippen molar-refractivity contribution in [1.82, 2.24) is 9.97 Å². The number of nitrogens with one attached hydrogen (secondary N) is 3. The number of non-ortho nitro benzene ring substituents is 1. The number of carbonyl (C=O) groups is 2. The van der Waals surface area contributed by atoms with Crippen LogP contribution < -0.4 is 21.1 Å². The van der Waals surface area contributed by atoms with Crippen LogP contribution in [0.2, 0.25) is 0 Å². The predicted molar refractivity (Wildman–Crippen MR) is 118 cm³/mol. The zero-order chi connectivity index (χ0) is 23.0. The number of hydrogen-bond donors (Lipinski definition) is 3. The number of hydrogen-bond acceptors (Lipinski definition) is 7. The van der Waals surface area contributed by atoms with Crippen LogP contribution in [0.3, 0.4) is 0 Å². The van der Waals surface area contributed by atoms with E-state index in [-0.39, 0.29) is 29.2 Å². The molecule has 3 N–H and O–H groups in total. The van der Waals surface area contributed by atoms with Gasteiger partial charge in [0.1, 0.15) is 5.82 Å². The number of H-pyrrole nitrogens is 1. The Morgan fingerprint density at radius 1 is 1.34 bits per heavy atom. The van der Waals surface area contributed by atoms with E-state index in [4.69, 9.17) is 0 Å². The second-order valence-corrected chi connectivity index (χ2v) is 8.40. The molecule has 2 atom stereocenters. The molecule has 32 heavy (non-hydrogen) atoms. The van der Waals surface area contributed by atoms with Crippen molar-refractivity contribution in [2.45, 2.75) is 39.0 Å². The van der Waals surface area contributed by atoms with E-state index < -0.39 is 28.2 Å². The SMILES string of the molecule is Cc1ccc([N+](=O)[O-])cc1NC(=O)[C@@H]1CC(=O)Nc2nc(N3CCC[C@H](C)C3)[nH]c(=O)c21. The lowest BCUT2D eigenvalue weighted by atomic mass is 9.92. The van der Waals surface area contributed by atoms with Crippen LogP contribution in [-0.2, 0) is 9.59 Å². The summed E-state index contributed by atoms with van der Waals surface area (Å²) in [5.74, 6) is -1.19. The number of nitro groups is 1. The van der Waals surface area contributed by atoms with Crippen molar-refractivity contribution in [2.24, 2.45) is 5.92 Å². The molecule has 0 spiro atoms. The van der Waals surface area contributed by atoms with Gasteiger partial charge in [0.2, 0.25) is 17.8 Å². The number of nitro benzene ring substituents is 1. The Labute approximate surface area is 183 Å². The van der Waals surface area contributed by atoms with Crippen LogP contribution in [-0.4, -0.2) is 39.8 Å². The first-order valence-corrected chi connectivity index (χ1v) is 10.5. The van der Waals surface area contributed by atoms with Crippen molar-refractivity contribution in [1.29, 1.82) is 0 Å². The molecule has 0 saturated carbocycles. The maximum Gasteiger partial charge on any atom is 0.271 e. The van der Waals surface area contributed by atoms with Gasteiger partial charge in [-0.2, -0.15) is 4.98 Å². The third kappa shape index (κ3) is 4.18. The van der Waals surface area contributed by atoms with Crippen LogP contribution in [0.4, 0.5) is 23.1 Å². The molecular weight excluding hydrogens is 416 g/mol. The van der Waals surface area contributed by atoms with Gasteiger partial charge in [-0.05, 0) is 31.2 Å².